The molecule has 1 aromatic heterocycles. The van der Waals surface area contributed by atoms with E-state index in [1.807, 2.05) is 18.2 Å². The van der Waals surface area contributed by atoms with E-state index in [2.05, 4.69) is 9.97 Å². The van der Waals surface area contributed by atoms with E-state index in [-0.39, 0.29) is 18.0 Å². The smallest absolute Gasteiger partial charge is 0.305 e. The molecule has 19 heavy (non-hydrogen) atoms. The van der Waals surface area contributed by atoms with Gasteiger partial charge in [-0.3, -0.25) is 9.59 Å². The first-order chi connectivity index (χ1) is 9.15. The average Bonchev–Trinajstić information content (AvgIpc) is 2.35. The summed E-state index contributed by atoms with van der Waals surface area (Å²) in [5.74, 6) is -0.539. The quantitative estimate of drug-likeness (QED) is 0.858. The Labute approximate surface area is 108 Å². The van der Waals surface area contributed by atoms with Crippen LogP contribution < -0.4 is 10.5 Å². The lowest BCUT2D eigenvalue weighted by Crippen LogP contribution is -2.51. The Morgan fingerprint density at radius 1 is 1.47 bits per heavy atom. The van der Waals surface area contributed by atoms with Gasteiger partial charge in [0.25, 0.3) is 5.56 Å². The van der Waals surface area contributed by atoms with E-state index in [0.29, 0.717) is 23.4 Å². The number of nitrogens with zero attached hydrogens (tertiary/aromatic N) is 2. The van der Waals surface area contributed by atoms with Crippen LogP contribution in [0.1, 0.15) is 12.8 Å². The number of rotatable bonds is 3. The lowest BCUT2D eigenvalue weighted by atomic mass is 10.00. The standard InChI is InChI=1S/C13H13N3O3/c17-11(18)7-8-5-6-16(8)12-13(19)15-10-4-2-1-3-9(10)14-12/h1-4,8H,5-7H2,(H,15,19)(H,17,18). The maximum absolute atomic E-state index is 12.0. The fourth-order valence-corrected chi connectivity index (χ4v) is 2.35. The maximum Gasteiger partial charge on any atom is 0.305 e. The fourth-order valence-electron chi connectivity index (χ4n) is 2.35. The Hall–Kier alpha value is -2.37. The zero-order chi connectivity index (χ0) is 13.4. The van der Waals surface area contributed by atoms with Crippen LogP contribution in [0.15, 0.2) is 29.1 Å². The van der Waals surface area contributed by atoms with E-state index in [1.165, 1.54) is 0 Å². The number of H-pyrrole nitrogens is 1. The van der Waals surface area contributed by atoms with Crippen LogP contribution in [-0.4, -0.2) is 33.6 Å². The van der Waals surface area contributed by atoms with Gasteiger partial charge in [-0.15, -0.1) is 0 Å². The van der Waals surface area contributed by atoms with Crippen molar-refractivity contribution in [1.82, 2.24) is 9.97 Å². The second-order valence-corrected chi connectivity index (χ2v) is 4.64. The van der Waals surface area contributed by atoms with Crippen molar-refractivity contribution in [2.24, 2.45) is 0 Å². The predicted octanol–water partition coefficient (Wildman–Crippen LogP) is 0.976. The topological polar surface area (TPSA) is 86.3 Å². The van der Waals surface area contributed by atoms with Gasteiger partial charge in [0.2, 0.25) is 0 Å². The van der Waals surface area contributed by atoms with E-state index < -0.39 is 5.97 Å². The van der Waals surface area contributed by atoms with Gasteiger partial charge in [-0.05, 0) is 18.6 Å². The summed E-state index contributed by atoms with van der Waals surface area (Å²) in [5, 5.41) is 8.82. The van der Waals surface area contributed by atoms with Gasteiger partial charge in [0.1, 0.15) is 0 Å². The van der Waals surface area contributed by atoms with Crippen LogP contribution in [0.5, 0.6) is 0 Å². The molecule has 1 aliphatic rings. The number of hydrogen-bond donors (Lipinski definition) is 2. The summed E-state index contributed by atoms with van der Waals surface area (Å²) in [5.41, 5.74) is 1.12. The first-order valence-corrected chi connectivity index (χ1v) is 6.12. The Bertz CT molecular complexity index is 695. The minimum atomic E-state index is -0.855. The van der Waals surface area contributed by atoms with Crippen LogP contribution >= 0.6 is 0 Å². The highest BCUT2D eigenvalue weighted by molar-refractivity contribution is 5.75. The Morgan fingerprint density at radius 2 is 2.26 bits per heavy atom. The molecule has 1 unspecified atom stereocenters. The van der Waals surface area contributed by atoms with Crippen molar-refractivity contribution in [3.05, 3.63) is 34.6 Å². The molecule has 2 heterocycles. The number of aliphatic carboxylic acids is 1. The Kier molecular flexibility index (Phi) is 2.70. The van der Waals surface area contributed by atoms with Gasteiger partial charge in [0, 0.05) is 12.6 Å². The van der Waals surface area contributed by atoms with Gasteiger partial charge in [-0.1, -0.05) is 12.1 Å². The number of hydrogen-bond acceptors (Lipinski definition) is 4. The van der Waals surface area contributed by atoms with Gasteiger partial charge in [0.15, 0.2) is 5.82 Å². The molecule has 0 spiro atoms. The summed E-state index contributed by atoms with van der Waals surface area (Å²) in [6.45, 7) is 0.673. The van der Waals surface area contributed by atoms with Crippen molar-refractivity contribution in [1.29, 1.82) is 0 Å². The number of benzene rings is 1. The van der Waals surface area contributed by atoms with Gasteiger partial charge in [-0.25, -0.2) is 4.98 Å². The minimum absolute atomic E-state index is 0.0357. The normalized spacial score (nSPS) is 18.3. The minimum Gasteiger partial charge on any atom is -0.481 e. The molecule has 0 amide bonds. The van der Waals surface area contributed by atoms with E-state index in [1.54, 1.807) is 11.0 Å². The molecule has 2 N–H and O–H groups in total. The number of fused-ring (bicyclic) bond motifs is 1. The molecule has 1 atom stereocenters. The third-order valence-electron chi connectivity index (χ3n) is 3.41. The summed E-state index contributed by atoms with van der Waals surface area (Å²) < 4.78 is 0. The van der Waals surface area contributed by atoms with Crippen LogP contribution in [0.3, 0.4) is 0 Å². The third-order valence-corrected chi connectivity index (χ3v) is 3.41. The van der Waals surface area contributed by atoms with Crippen LogP contribution in [-0.2, 0) is 4.79 Å². The molecule has 0 radical (unpaired) electrons. The number of carboxylic acid groups (broad SMARTS) is 1. The predicted molar refractivity (Wildman–Crippen MR) is 70.4 cm³/mol. The first kappa shape index (κ1) is 11.7. The summed E-state index contributed by atoms with van der Waals surface area (Å²) in [4.78, 5) is 31.6. The number of anilines is 1. The van der Waals surface area contributed by atoms with E-state index >= 15 is 0 Å². The fraction of sp³-hybridized carbons (Fsp3) is 0.308. The number of nitrogens with one attached hydrogen (secondary N) is 1. The summed E-state index contributed by atoms with van der Waals surface area (Å²) in [7, 11) is 0. The summed E-state index contributed by atoms with van der Waals surface area (Å²) >= 11 is 0. The zero-order valence-electron chi connectivity index (χ0n) is 10.2. The summed E-state index contributed by atoms with van der Waals surface area (Å²) in [6, 6.07) is 7.16. The number of carboxylic acids is 1. The number of para-hydroxylation sites is 2. The van der Waals surface area contributed by atoms with Crippen molar-refractivity contribution in [2.75, 3.05) is 11.4 Å². The average molecular weight is 259 g/mol. The van der Waals surface area contributed by atoms with Gasteiger partial charge >= 0.3 is 5.97 Å². The Morgan fingerprint density at radius 3 is 2.95 bits per heavy atom. The van der Waals surface area contributed by atoms with Crippen LogP contribution in [0.2, 0.25) is 0 Å². The SMILES string of the molecule is O=C(O)CC1CCN1c1nc2ccccc2[nH]c1=O. The van der Waals surface area contributed by atoms with Crippen LogP contribution in [0.25, 0.3) is 11.0 Å². The molecule has 0 saturated carbocycles. The van der Waals surface area contributed by atoms with Crippen molar-refractivity contribution < 1.29 is 9.90 Å². The van der Waals surface area contributed by atoms with Crippen LogP contribution in [0, 0.1) is 0 Å². The highest BCUT2D eigenvalue weighted by atomic mass is 16.4. The molecular weight excluding hydrogens is 246 g/mol. The number of aromatic amines is 1. The van der Waals surface area contributed by atoms with E-state index in [4.69, 9.17) is 5.11 Å². The molecule has 0 aliphatic carbocycles. The van der Waals surface area contributed by atoms with Crippen molar-refractivity contribution >= 4 is 22.8 Å². The molecule has 6 heteroatoms. The van der Waals surface area contributed by atoms with Crippen LogP contribution in [0.4, 0.5) is 5.82 Å². The lowest BCUT2D eigenvalue weighted by molar-refractivity contribution is -0.137. The van der Waals surface area contributed by atoms with Crippen molar-refractivity contribution in [3.63, 3.8) is 0 Å². The third kappa shape index (κ3) is 2.05. The highest BCUT2D eigenvalue weighted by Gasteiger charge is 2.32. The second-order valence-electron chi connectivity index (χ2n) is 4.64. The maximum atomic E-state index is 12.0. The molecule has 1 aliphatic heterocycles. The van der Waals surface area contributed by atoms with Gasteiger partial charge in [0.05, 0.1) is 17.5 Å². The van der Waals surface area contributed by atoms with E-state index in [9.17, 15) is 9.59 Å². The highest BCUT2D eigenvalue weighted by Crippen LogP contribution is 2.25. The van der Waals surface area contributed by atoms with E-state index in [0.717, 1.165) is 6.42 Å². The number of carbonyl (C=O) groups is 1. The number of aromatic nitrogens is 2. The molecule has 3 rings (SSSR count). The molecule has 1 aromatic carbocycles. The zero-order valence-corrected chi connectivity index (χ0v) is 10.2. The molecule has 2 aromatic rings. The Balaban J connectivity index is 1.99. The molecule has 1 fully saturated rings. The summed E-state index contributed by atoms with van der Waals surface area (Å²) in [6.07, 6.45) is 0.814. The monoisotopic (exact) mass is 259 g/mol. The van der Waals surface area contributed by atoms with Gasteiger partial charge < -0.3 is 15.0 Å². The molecule has 0 bridgehead atoms. The van der Waals surface area contributed by atoms with Gasteiger partial charge in [-0.2, -0.15) is 0 Å². The second kappa shape index (κ2) is 4.38. The molecule has 98 valence electrons. The molecule has 1 saturated heterocycles. The lowest BCUT2D eigenvalue weighted by Gasteiger charge is -2.40. The molecule has 6 nitrogen and oxygen atoms in total. The largest absolute Gasteiger partial charge is 0.481 e. The first-order valence-electron chi connectivity index (χ1n) is 6.12. The van der Waals surface area contributed by atoms with Crippen molar-refractivity contribution in [2.45, 2.75) is 18.9 Å². The molecular formula is C13H13N3O3. The van der Waals surface area contributed by atoms with Crippen molar-refractivity contribution in [3.8, 4) is 0 Å².